The van der Waals surface area contributed by atoms with Crippen LogP contribution in [-0.4, -0.2) is 20.7 Å². The van der Waals surface area contributed by atoms with Gasteiger partial charge in [0, 0.05) is 11.4 Å². The third kappa shape index (κ3) is 2.69. The minimum Gasteiger partial charge on any atom is -0.464 e. The molecule has 7 heteroatoms. The van der Waals surface area contributed by atoms with Crippen molar-refractivity contribution in [2.45, 2.75) is 13.0 Å². The van der Waals surface area contributed by atoms with Crippen molar-refractivity contribution in [1.82, 2.24) is 14.8 Å². The molecule has 0 bridgehead atoms. The lowest BCUT2D eigenvalue weighted by Gasteiger charge is -2.32. The lowest BCUT2D eigenvalue weighted by molar-refractivity contribution is -0.120. The zero-order valence-electron chi connectivity index (χ0n) is 13.6. The molecule has 0 radical (unpaired) electrons. The summed E-state index contributed by atoms with van der Waals surface area (Å²) in [6.07, 6.45) is 1.44. The number of nitrogens with zero attached hydrogens (tertiary/aromatic N) is 3. The quantitative estimate of drug-likeness (QED) is 0.769. The molecule has 1 aliphatic rings. The van der Waals surface area contributed by atoms with Gasteiger partial charge in [-0.3, -0.25) is 4.79 Å². The van der Waals surface area contributed by atoms with E-state index < -0.39 is 12.0 Å². The number of furan rings is 1. The summed E-state index contributed by atoms with van der Waals surface area (Å²) >= 11 is 0. The molecule has 2 N–H and O–H groups in total. The maximum absolute atomic E-state index is 13.0. The number of fused-ring (bicyclic) bond motifs is 1. The monoisotopic (exact) mass is 335 g/mol. The van der Waals surface area contributed by atoms with Gasteiger partial charge in [-0.1, -0.05) is 24.8 Å². The number of carbonyl (C=O) groups is 1. The molecule has 126 valence electrons. The SMILES string of the molecule is C=C1Nc2ncnn2[C@@H](c2ccc(C)o2)[C@H]1C(=O)Nc1ccccc1. The van der Waals surface area contributed by atoms with Gasteiger partial charge in [0.1, 0.15) is 29.8 Å². The summed E-state index contributed by atoms with van der Waals surface area (Å²) in [6, 6.07) is 12.6. The Labute approximate surface area is 144 Å². The highest BCUT2D eigenvalue weighted by Crippen LogP contribution is 2.38. The van der Waals surface area contributed by atoms with Gasteiger partial charge in [0.25, 0.3) is 0 Å². The second-order valence-electron chi connectivity index (χ2n) is 5.90. The van der Waals surface area contributed by atoms with Crippen molar-refractivity contribution in [2.75, 3.05) is 10.6 Å². The van der Waals surface area contributed by atoms with Crippen LogP contribution < -0.4 is 10.6 Å². The molecule has 0 saturated heterocycles. The number of amides is 1. The molecule has 1 amide bonds. The summed E-state index contributed by atoms with van der Waals surface area (Å²) in [7, 11) is 0. The van der Waals surface area contributed by atoms with Gasteiger partial charge in [0.2, 0.25) is 11.9 Å². The Bertz CT molecular complexity index is 928. The summed E-state index contributed by atoms with van der Waals surface area (Å²) in [6.45, 7) is 5.89. The van der Waals surface area contributed by atoms with Crippen LogP contribution in [0.4, 0.5) is 11.6 Å². The average molecular weight is 335 g/mol. The molecule has 25 heavy (non-hydrogen) atoms. The Hall–Kier alpha value is -3.35. The first-order chi connectivity index (χ1) is 12.1. The fourth-order valence-corrected chi connectivity index (χ4v) is 3.04. The average Bonchev–Trinajstić information content (AvgIpc) is 3.23. The molecule has 4 rings (SSSR count). The first kappa shape index (κ1) is 15.2. The van der Waals surface area contributed by atoms with Crippen LogP contribution in [0.5, 0.6) is 0 Å². The van der Waals surface area contributed by atoms with Crippen molar-refractivity contribution in [2.24, 2.45) is 5.92 Å². The van der Waals surface area contributed by atoms with E-state index in [0.29, 0.717) is 17.4 Å². The van der Waals surface area contributed by atoms with Crippen molar-refractivity contribution in [1.29, 1.82) is 0 Å². The van der Waals surface area contributed by atoms with Crippen molar-refractivity contribution in [3.05, 3.63) is 72.6 Å². The summed E-state index contributed by atoms with van der Waals surface area (Å²) in [4.78, 5) is 17.2. The molecule has 7 nitrogen and oxygen atoms in total. The first-order valence-electron chi connectivity index (χ1n) is 7.91. The smallest absolute Gasteiger partial charge is 0.236 e. The molecule has 0 fully saturated rings. The van der Waals surface area contributed by atoms with Crippen LogP contribution in [0.15, 0.2) is 65.5 Å². The van der Waals surface area contributed by atoms with E-state index >= 15 is 0 Å². The highest BCUT2D eigenvalue weighted by Gasteiger charge is 2.41. The van der Waals surface area contributed by atoms with E-state index in [4.69, 9.17) is 4.42 Å². The van der Waals surface area contributed by atoms with Crippen molar-refractivity contribution in [3.63, 3.8) is 0 Å². The lowest BCUT2D eigenvalue weighted by Crippen LogP contribution is -2.39. The molecule has 2 atom stereocenters. The van der Waals surface area contributed by atoms with Gasteiger partial charge in [-0.05, 0) is 31.2 Å². The molecule has 3 heterocycles. The number of benzene rings is 1. The Morgan fingerprint density at radius 3 is 2.80 bits per heavy atom. The topological polar surface area (TPSA) is 85.0 Å². The van der Waals surface area contributed by atoms with Crippen LogP contribution in [0, 0.1) is 12.8 Å². The summed E-state index contributed by atoms with van der Waals surface area (Å²) in [5.74, 6) is 1.15. The van der Waals surface area contributed by atoms with Crippen LogP contribution in [0.1, 0.15) is 17.6 Å². The van der Waals surface area contributed by atoms with Crippen LogP contribution >= 0.6 is 0 Å². The maximum Gasteiger partial charge on any atom is 0.236 e. The molecule has 1 aliphatic heterocycles. The fourth-order valence-electron chi connectivity index (χ4n) is 3.04. The van der Waals surface area contributed by atoms with Crippen LogP contribution in [-0.2, 0) is 4.79 Å². The highest BCUT2D eigenvalue weighted by molar-refractivity contribution is 5.95. The van der Waals surface area contributed by atoms with E-state index in [-0.39, 0.29) is 5.91 Å². The number of hydrogen-bond donors (Lipinski definition) is 2. The molecule has 2 aromatic heterocycles. The number of anilines is 2. The van der Waals surface area contributed by atoms with Crippen LogP contribution in [0.2, 0.25) is 0 Å². The first-order valence-corrected chi connectivity index (χ1v) is 7.91. The summed E-state index contributed by atoms with van der Waals surface area (Å²) in [5, 5.41) is 10.2. The Kier molecular flexibility index (Phi) is 3.61. The van der Waals surface area contributed by atoms with Crippen LogP contribution in [0.25, 0.3) is 0 Å². The molecular weight excluding hydrogens is 318 g/mol. The van der Waals surface area contributed by atoms with E-state index in [2.05, 4.69) is 27.3 Å². The van der Waals surface area contributed by atoms with Gasteiger partial charge in [0.05, 0.1) is 0 Å². The lowest BCUT2D eigenvalue weighted by atomic mass is 9.92. The number of aromatic nitrogens is 3. The molecule has 0 unspecified atom stereocenters. The highest BCUT2D eigenvalue weighted by atomic mass is 16.3. The van der Waals surface area contributed by atoms with Gasteiger partial charge in [-0.25, -0.2) is 4.68 Å². The van der Waals surface area contributed by atoms with Crippen LogP contribution in [0.3, 0.4) is 0 Å². The Morgan fingerprint density at radius 2 is 2.08 bits per heavy atom. The summed E-state index contributed by atoms with van der Waals surface area (Å²) < 4.78 is 7.45. The molecule has 0 saturated carbocycles. The van der Waals surface area contributed by atoms with E-state index in [1.54, 1.807) is 4.68 Å². The molecule has 1 aromatic carbocycles. The van der Waals surface area contributed by atoms with Gasteiger partial charge < -0.3 is 15.1 Å². The van der Waals surface area contributed by atoms with E-state index in [1.807, 2.05) is 49.4 Å². The largest absolute Gasteiger partial charge is 0.464 e. The number of aryl methyl sites for hydroxylation is 1. The molecule has 0 aliphatic carbocycles. The van der Waals surface area contributed by atoms with E-state index in [1.165, 1.54) is 6.33 Å². The number of rotatable bonds is 3. The maximum atomic E-state index is 13.0. The third-order valence-electron chi connectivity index (χ3n) is 4.18. The van der Waals surface area contributed by atoms with E-state index in [0.717, 1.165) is 11.4 Å². The minimum atomic E-state index is -0.597. The second-order valence-corrected chi connectivity index (χ2v) is 5.90. The molecule has 3 aromatic rings. The minimum absolute atomic E-state index is 0.191. The standard InChI is InChI=1S/C18H17N5O2/c1-11-8-9-14(25-11)16-15(12(2)21-18-19-10-20-23(16)18)17(24)22-13-6-4-3-5-7-13/h3-10,15-16H,2H2,1H3,(H,22,24)(H,19,20,21)/t15-,16-/m0/s1. The number of carbonyl (C=O) groups excluding carboxylic acids is 1. The van der Waals surface area contributed by atoms with E-state index in [9.17, 15) is 4.79 Å². The predicted octanol–water partition coefficient (Wildman–Crippen LogP) is 2.96. The number of hydrogen-bond acceptors (Lipinski definition) is 5. The zero-order valence-corrected chi connectivity index (χ0v) is 13.6. The number of nitrogens with one attached hydrogen (secondary N) is 2. The summed E-state index contributed by atoms with van der Waals surface area (Å²) in [5.41, 5.74) is 1.27. The van der Waals surface area contributed by atoms with Gasteiger partial charge in [0.15, 0.2) is 0 Å². The third-order valence-corrected chi connectivity index (χ3v) is 4.18. The second kappa shape index (κ2) is 5.94. The Balaban J connectivity index is 1.73. The van der Waals surface area contributed by atoms with Crippen molar-refractivity contribution < 1.29 is 9.21 Å². The molecular formula is C18H17N5O2. The van der Waals surface area contributed by atoms with Gasteiger partial charge >= 0.3 is 0 Å². The normalized spacial score (nSPS) is 19.2. The predicted molar refractivity (Wildman–Crippen MR) is 92.9 cm³/mol. The number of para-hydroxylation sites is 1. The van der Waals surface area contributed by atoms with Crippen molar-refractivity contribution >= 4 is 17.5 Å². The van der Waals surface area contributed by atoms with Gasteiger partial charge in [-0.2, -0.15) is 10.1 Å². The fraction of sp³-hybridized carbons (Fsp3) is 0.167. The van der Waals surface area contributed by atoms with Crippen molar-refractivity contribution in [3.8, 4) is 0 Å². The zero-order chi connectivity index (χ0) is 17.4. The molecule has 0 spiro atoms. The Morgan fingerprint density at radius 1 is 1.28 bits per heavy atom. The van der Waals surface area contributed by atoms with Gasteiger partial charge in [-0.15, -0.1) is 0 Å².